The molecule has 0 fully saturated rings. The molecule has 28 heavy (non-hydrogen) atoms. The Balaban J connectivity index is 1.69. The lowest BCUT2D eigenvalue weighted by Gasteiger charge is -2.11. The van der Waals surface area contributed by atoms with Gasteiger partial charge in [-0.25, -0.2) is 0 Å². The highest BCUT2D eigenvalue weighted by atomic mass is 14.1. The first-order valence-corrected chi connectivity index (χ1v) is 9.70. The normalized spacial score (nSPS) is 11.6. The molecule has 0 aliphatic heterocycles. The molecule has 0 N–H and O–H groups in total. The molecule has 0 spiro atoms. The third kappa shape index (κ3) is 2.32. The van der Waals surface area contributed by atoms with Crippen molar-refractivity contribution in [2.45, 2.75) is 0 Å². The van der Waals surface area contributed by atoms with Crippen molar-refractivity contribution >= 4 is 43.1 Å². The SMILES string of the molecule is c1ccc2cc(-c3cccc4cc5ccc6ccccc6c5cc34)ccc2c1. The average molecular weight is 354 g/mol. The van der Waals surface area contributed by atoms with Gasteiger partial charge in [-0.15, -0.1) is 0 Å². The molecule has 0 heterocycles. The molecule has 0 aliphatic rings. The third-order valence-electron chi connectivity index (χ3n) is 5.80. The van der Waals surface area contributed by atoms with E-state index in [9.17, 15) is 0 Å². The predicted octanol–water partition coefficient (Wildman–Crippen LogP) is 7.97. The second kappa shape index (κ2) is 5.94. The first-order chi connectivity index (χ1) is 13.9. The van der Waals surface area contributed by atoms with E-state index in [1.54, 1.807) is 0 Å². The van der Waals surface area contributed by atoms with E-state index < -0.39 is 0 Å². The van der Waals surface area contributed by atoms with Crippen LogP contribution in [0.5, 0.6) is 0 Å². The molecule has 0 bridgehead atoms. The van der Waals surface area contributed by atoms with E-state index in [4.69, 9.17) is 0 Å². The zero-order valence-electron chi connectivity index (χ0n) is 15.4. The molecule has 0 amide bonds. The fourth-order valence-corrected chi connectivity index (χ4v) is 4.39. The zero-order valence-corrected chi connectivity index (χ0v) is 15.4. The molecule has 0 atom stereocenters. The Morgan fingerprint density at radius 1 is 0.321 bits per heavy atom. The van der Waals surface area contributed by atoms with E-state index >= 15 is 0 Å². The summed E-state index contributed by atoms with van der Waals surface area (Å²) >= 11 is 0. The van der Waals surface area contributed by atoms with Gasteiger partial charge in [-0.2, -0.15) is 0 Å². The lowest BCUT2D eigenvalue weighted by Crippen LogP contribution is -1.84. The Labute approximate surface area is 163 Å². The Bertz CT molecular complexity index is 1510. The minimum Gasteiger partial charge on any atom is -0.0616 e. The molecule has 6 aromatic carbocycles. The van der Waals surface area contributed by atoms with Crippen LogP contribution in [-0.2, 0) is 0 Å². The lowest BCUT2D eigenvalue weighted by atomic mass is 9.93. The second-order valence-electron chi connectivity index (χ2n) is 7.45. The van der Waals surface area contributed by atoms with E-state index in [0.29, 0.717) is 0 Å². The van der Waals surface area contributed by atoms with Crippen LogP contribution in [0.3, 0.4) is 0 Å². The first-order valence-electron chi connectivity index (χ1n) is 9.70. The molecule has 0 aromatic heterocycles. The van der Waals surface area contributed by atoms with Crippen molar-refractivity contribution in [3.63, 3.8) is 0 Å². The van der Waals surface area contributed by atoms with Crippen molar-refractivity contribution in [3.8, 4) is 11.1 Å². The quantitative estimate of drug-likeness (QED) is 0.207. The summed E-state index contributed by atoms with van der Waals surface area (Å²) < 4.78 is 0. The number of benzene rings is 6. The highest BCUT2D eigenvalue weighted by Gasteiger charge is 2.08. The smallest absolute Gasteiger partial charge is 0.00988 e. The van der Waals surface area contributed by atoms with Gasteiger partial charge < -0.3 is 0 Å². The maximum absolute atomic E-state index is 2.37. The summed E-state index contributed by atoms with van der Waals surface area (Å²) in [5.74, 6) is 0. The van der Waals surface area contributed by atoms with Crippen LogP contribution in [0.4, 0.5) is 0 Å². The number of hydrogen-bond acceptors (Lipinski definition) is 0. The van der Waals surface area contributed by atoms with Crippen molar-refractivity contribution in [2.24, 2.45) is 0 Å². The van der Waals surface area contributed by atoms with E-state index in [2.05, 4.69) is 109 Å². The van der Waals surface area contributed by atoms with Gasteiger partial charge in [0.1, 0.15) is 0 Å². The molecule has 0 saturated heterocycles. The van der Waals surface area contributed by atoms with Crippen LogP contribution in [0, 0.1) is 0 Å². The Morgan fingerprint density at radius 2 is 1.00 bits per heavy atom. The first kappa shape index (κ1) is 15.4. The molecule has 0 heteroatoms. The minimum absolute atomic E-state index is 1.27. The predicted molar refractivity (Wildman–Crippen MR) is 122 cm³/mol. The van der Waals surface area contributed by atoms with Gasteiger partial charge in [0.25, 0.3) is 0 Å². The van der Waals surface area contributed by atoms with Crippen LogP contribution >= 0.6 is 0 Å². The van der Waals surface area contributed by atoms with Gasteiger partial charge >= 0.3 is 0 Å². The summed E-state index contributed by atoms with van der Waals surface area (Å²) in [6.07, 6.45) is 0. The number of hydrogen-bond donors (Lipinski definition) is 0. The van der Waals surface area contributed by atoms with Gasteiger partial charge in [-0.05, 0) is 72.4 Å². The number of rotatable bonds is 1. The molecule has 0 radical (unpaired) electrons. The van der Waals surface area contributed by atoms with Crippen LogP contribution in [0.2, 0.25) is 0 Å². The molecule has 6 aromatic rings. The summed E-state index contributed by atoms with van der Waals surface area (Å²) in [6.45, 7) is 0. The van der Waals surface area contributed by atoms with Gasteiger partial charge in [-0.1, -0.05) is 91.0 Å². The van der Waals surface area contributed by atoms with E-state index in [1.807, 2.05) is 0 Å². The van der Waals surface area contributed by atoms with Crippen LogP contribution in [0.1, 0.15) is 0 Å². The molecule has 0 nitrogen and oxygen atoms in total. The highest BCUT2D eigenvalue weighted by molar-refractivity contribution is 6.14. The fourth-order valence-electron chi connectivity index (χ4n) is 4.39. The van der Waals surface area contributed by atoms with Gasteiger partial charge in [0, 0.05) is 0 Å². The summed E-state index contributed by atoms with van der Waals surface area (Å²) in [5.41, 5.74) is 2.56. The maximum atomic E-state index is 2.37. The van der Waals surface area contributed by atoms with Gasteiger partial charge in [0.15, 0.2) is 0 Å². The standard InChI is InChI=1S/C28H18/c1-2-8-21-16-23(14-12-19(21)6-1)26-11-5-9-22-17-24-15-13-20-7-3-4-10-25(20)28(24)18-27(22)26/h1-18H. The molecule has 6 rings (SSSR count). The monoisotopic (exact) mass is 354 g/mol. The third-order valence-corrected chi connectivity index (χ3v) is 5.80. The van der Waals surface area contributed by atoms with E-state index in [-0.39, 0.29) is 0 Å². The van der Waals surface area contributed by atoms with Crippen molar-refractivity contribution < 1.29 is 0 Å². The van der Waals surface area contributed by atoms with Crippen LogP contribution in [-0.4, -0.2) is 0 Å². The summed E-state index contributed by atoms with van der Waals surface area (Å²) in [5, 5.41) is 10.4. The van der Waals surface area contributed by atoms with Crippen molar-refractivity contribution in [2.75, 3.05) is 0 Å². The molecule has 0 saturated carbocycles. The summed E-state index contributed by atoms with van der Waals surface area (Å²) in [6, 6.07) is 39.7. The molecular weight excluding hydrogens is 336 g/mol. The van der Waals surface area contributed by atoms with Crippen LogP contribution in [0.25, 0.3) is 54.2 Å². The molecule has 0 unspecified atom stereocenters. The van der Waals surface area contributed by atoms with Crippen molar-refractivity contribution in [1.82, 2.24) is 0 Å². The zero-order chi connectivity index (χ0) is 18.5. The molecule has 0 aliphatic carbocycles. The van der Waals surface area contributed by atoms with E-state index in [1.165, 1.54) is 54.2 Å². The largest absolute Gasteiger partial charge is 0.0616 e. The lowest BCUT2D eigenvalue weighted by molar-refractivity contribution is 1.69. The van der Waals surface area contributed by atoms with Gasteiger partial charge in [0.2, 0.25) is 0 Å². The van der Waals surface area contributed by atoms with Crippen molar-refractivity contribution in [1.29, 1.82) is 0 Å². The van der Waals surface area contributed by atoms with Crippen LogP contribution < -0.4 is 0 Å². The average Bonchev–Trinajstić information content (AvgIpc) is 2.77. The number of fused-ring (bicyclic) bond motifs is 5. The summed E-state index contributed by atoms with van der Waals surface area (Å²) in [7, 11) is 0. The van der Waals surface area contributed by atoms with Gasteiger partial charge in [0.05, 0.1) is 0 Å². The Morgan fingerprint density at radius 3 is 1.93 bits per heavy atom. The highest BCUT2D eigenvalue weighted by Crippen LogP contribution is 2.35. The van der Waals surface area contributed by atoms with Crippen molar-refractivity contribution in [3.05, 3.63) is 109 Å². The Kier molecular flexibility index (Phi) is 3.27. The molecular formula is C28H18. The minimum atomic E-state index is 1.27. The maximum Gasteiger partial charge on any atom is -0.00988 e. The molecule has 130 valence electrons. The van der Waals surface area contributed by atoms with Gasteiger partial charge in [-0.3, -0.25) is 0 Å². The van der Waals surface area contributed by atoms with E-state index in [0.717, 1.165) is 0 Å². The van der Waals surface area contributed by atoms with Crippen LogP contribution in [0.15, 0.2) is 109 Å². The Hall–Kier alpha value is -3.64. The fraction of sp³-hybridized carbons (Fsp3) is 0. The topological polar surface area (TPSA) is 0 Å². The summed E-state index contributed by atoms with van der Waals surface area (Å²) in [4.78, 5) is 0. The second-order valence-corrected chi connectivity index (χ2v) is 7.45.